The van der Waals surface area contributed by atoms with Crippen LogP contribution in [0.1, 0.15) is 53.9 Å². The van der Waals surface area contributed by atoms with Gasteiger partial charge in [-0.2, -0.15) is 0 Å². The van der Waals surface area contributed by atoms with Gasteiger partial charge in [0, 0.05) is 18.3 Å². The Balaban J connectivity index is 1.48. The van der Waals surface area contributed by atoms with Crippen LogP contribution in [-0.2, 0) is 38.0 Å². The number of carbonyl (C=O) groups is 2. The third kappa shape index (κ3) is 2.95. The Kier molecular flexibility index (Phi) is 5.19. The molecule has 0 radical (unpaired) electrons. The van der Waals surface area contributed by atoms with Crippen molar-refractivity contribution < 1.29 is 43.1 Å². The van der Waals surface area contributed by atoms with Crippen molar-refractivity contribution in [3.05, 3.63) is 12.3 Å². The van der Waals surface area contributed by atoms with Gasteiger partial charge in [-0.3, -0.25) is 9.59 Å². The second-order valence-corrected chi connectivity index (χ2v) is 11.9. The highest BCUT2D eigenvalue weighted by Crippen LogP contribution is 2.74. The van der Waals surface area contributed by atoms with Crippen LogP contribution in [-0.4, -0.2) is 66.2 Å². The fraction of sp³-hybridized carbons (Fsp3) is 0.846. The molecule has 0 aromatic heterocycles. The van der Waals surface area contributed by atoms with Crippen molar-refractivity contribution in [3.8, 4) is 0 Å². The van der Waals surface area contributed by atoms with Crippen LogP contribution in [0.5, 0.6) is 0 Å². The minimum Gasteiger partial charge on any atom is -0.472 e. The van der Waals surface area contributed by atoms with Gasteiger partial charge in [0.25, 0.3) is 0 Å². The average molecular weight is 493 g/mol. The number of aliphatic hydroxyl groups is 1. The van der Waals surface area contributed by atoms with E-state index in [2.05, 4.69) is 19.9 Å². The van der Waals surface area contributed by atoms with Gasteiger partial charge in [-0.25, -0.2) is 0 Å². The molecule has 35 heavy (non-hydrogen) atoms. The molecule has 2 aliphatic carbocycles. The van der Waals surface area contributed by atoms with E-state index >= 15 is 0 Å². The molecule has 9 nitrogen and oxygen atoms in total. The molecule has 1 unspecified atom stereocenters. The first-order valence-electron chi connectivity index (χ1n) is 12.9. The standard InChI is InChI=1S/C26H36O9/c1-12(2)21(29)35-23-26-17(10-16(33-23)20(28)25(26)11-31-25)24(5,13(3)8-19(26)32-14(4)27)18-9-15-6-7-30-22(15)34-18/h6-7,12-13,15-20,22-23,28H,8-11H2,1-5H3/t13-,15-,16-,17-,18+,19+,20+,22-,23?,24+,25-,26+/m1/s1. The average Bonchev–Trinajstić information content (AvgIpc) is 3.28. The van der Waals surface area contributed by atoms with Gasteiger partial charge in [-0.05, 0) is 37.2 Å². The van der Waals surface area contributed by atoms with E-state index in [1.807, 2.05) is 0 Å². The largest absolute Gasteiger partial charge is 0.472 e. The van der Waals surface area contributed by atoms with E-state index in [1.165, 1.54) is 6.92 Å². The number of carbonyl (C=O) groups excluding carboxylic acids is 2. The lowest BCUT2D eigenvalue weighted by atomic mass is 9.40. The Bertz CT molecular complexity index is 943. The SMILES string of the molecule is CC(=O)O[C@H]1C[C@@H](C)[C@](C)([C@@H]2C[C@H]3C=CO[C@@H]3O2)[C@H]2C[C@H]3OC(OC(=O)C(C)C)[C@@]12[C@@]1(CO1)[C@H]3O. The second kappa shape index (κ2) is 7.66. The fourth-order valence-corrected chi connectivity index (χ4v) is 8.06. The maximum Gasteiger partial charge on any atom is 0.310 e. The van der Waals surface area contributed by atoms with Gasteiger partial charge < -0.3 is 33.5 Å². The first-order chi connectivity index (χ1) is 16.6. The van der Waals surface area contributed by atoms with Crippen LogP contribution in [0.25, 0.3) is 0 Å². The van der Waals surface area contributed by atoms with Crippen LogP contribution in [0, 0.1) is 34.5 Å². The summed E-state index contributed by atoms with van der Waals surface area (Å²) in [5.74, 6) is -1.02. The summed E-state index contributed by atoms with van der Waals surface area (Å²) in [4.78, 5) is 25.2. The second-order valence-electron chi connectivity index (χ2n) is 11.9. The van der Waals surface area contributed by atoms with Crippen LogP contribution >= 0.6 is 0 Å². The van der Waals surface area contributed by atoms with Crippen molar-refractivity contribution in [2.45, 2.75) is 96.5 Å². The number of hydrogen-bond acceptors (Lipinski definition) is 9. The molecule has 7 aliphatic rings. The van der Waals surface area contributed by atoms with Gasteiger partial charge in [-0.15, -0.1) is 0 Å². The molecule has 5 heterocycles. The molecule has 1 N–H and O–H groups in total. The monoisotopic (exact) mass is 492 g/mol. The first-order valence-corrected chi connectivity index (χ1v) is 12.9. The summed E-state index contributed by atoms with van der Waals surface area (Å²) < 4.78 is 36.6. The molecule has 5 aliphatic heterocycles. The highest BCUT2D eigenvalue weighted by atomic mass is 16.7. The summed E-state index contributed by atoms with van der Waals surface area (Å²) in [7, 11) is 0. The molecule has 194 valence electrons. The smallest absolute Gasteiger partial charge is 0.310 e. The number of epoxide rings is 1. The normalized spacial score (nSPS) is 53.3. The van der Waals surface area contributed by atoms with Crippen LogP contribution in [0.2, 0.25) is 0 Å². The van der Waals surface area contributed by atoms with Crippen LogP contribution < -0.4 is 0 Å². The summed E-state index contributed by atoms with van der Waals surface area (Å²) in [6, 6.07) is 0. The minimum absolute atomic E-state index is 0.115. The van der Waals surface area contributed by atoms with Gasteiger partial charge in [0.1, 0.15) is 23.2 Å². The lowest BCUT2D eigenvalue weighted by Gasteiger charge is -2.69. The summed E-state index contributed by atoms with van der Waals surface area (Å²) in [6.45, 7) is 9.63. The molecule has 7 rings (SSSR count). The van der Waals surface area contributed by atoms with Crippen molar-refractivity contribution in [1.82, 2.24) is 0 Å². The highest BCUT2D eigenvalue weighted by molar-refractivity contribution is 5.72. The third-order valence-corrected chi connectivity index (χ3v) is 10.0. The maximum atomic E-state index is 12.9. The quantitative estimate of drug-likeness (QED) is 0.466. The molecule has 0 aromatic carbocycles. The summed E-state index contributed by atoms with van der Waals surface area (Å²) in [6.07, 6.45) is 2.09. The number of aliphatic hydroxyl groups excluding tert-OH is 1. The lowest BCUT2D eigenvalue weighted by molar-refractivity contribution is -0.396. The van der Waals surface area contributed by atoms with Crippen LogP contribution in [0.15, 0.2) is 12.3 Å². The number of fused-ring (bicyclic) bond motifs is 2. The lowest BCUT2D eigenvalue weighted by Crippen LogP contribution is -2.80. The predicted octanol–water partition coefficient (Wildman–Crippen LogP) is 2.30. The van der Waals surface area contributed by atoms with E-state index in [1.54, 1.807) is 20.1 Å². The molecular weight excluding hydrogens is 456 g/mol. The molecule has 2 spiro atoms. The maximum absolute atomic E-state index is 12.9. The molecule has 12 atom stereocenters. The number of esters is 2. The van der Waals surface area contributed by atoms with Crippen molar-refractivity contribution in [3.63, 3.8) is 0 Å². The zero-order valence-corrected chi connectivity index (χ0v) is 21.0. The summed E-state index contributed by atoms with van der Waals surface area (Å²) in [5.41, 5.74) is -2.45. The molecule has 4 saturated heterocycles. The van der Waals surface area contributed by atoms with E-state index in [0.717, 1.165) is 6.42 Å². The van der Waals surface area contributed by atoms with Crippen molar-refractivity contribution in [2.24, 2.45) is 34.5 Å². The molecule has 6 fully saturated rings. The zero-order valence-electron chi connectivity index (χ0n) is 21.0. The third-order valence-electron chi connectivity index (χ3n) is 10.0. The van der Waals surface area contributed by atoms with Crippen LogP contribution in [0.4, 0.5) is 0 Å². The van der Waals surface area contributed by atoms with Crippen molar-refractivity contribution in [1.29, 1.82) is 0 Å². The van der Waals surface area contributed by atoms with Gasteiger partial charge >= 0.3 is 11.9 Å². The first kappa shape index (κ1) is 23.7. The molecule has 2 saturated carbocycles. The van der Waals surface area contributed by atoms with E-state index in [-0.39, 0.29) is 41.5 Å². The topological polar surface area (TPSA) is 113 Å². The van der Waals surface area contributed by atoms with Gasteiger partial charge in [0.05, 0.1) is 31.0 Å². The molecule has 0 aromatic rings. The van der Waals surface area contributed by atoms with E-state index < -0.39 is 47.6 Å². The Hall–Kier alpha value is -1.68. The summed E-state index contributed by atoms with van der Waals surface area (Å²) in [5, 5.41) is 11.4. The Morgan fingerprint density at radius 3 is 2.51 bits per heavy atom. The van der Waals surface area contributed by atoms with Crippen molar-refractivity contribution >= 4 is 11.9 Å². The van der Waals surface area contributed by atoms with E-state index in [4.69, 9.17) is 28.4 Å². The fourth-order valence-electron chi connectivity index (χ4n) is 8.06. The Morgan fingerprint density at radius 1 is 1.14 bits per heavy atom. The predicted molar refractivity (Wildman–Crippen MR) is 119 cm³/mol. The summed E-state index contributed by atoms with van der Waals surface area (Å²) >= 11 is 0. The highest BCUT2D eigenvalue weighted by Gasteiger charge is 2.86. The number of rotatable bonds is 4. The van der Waals surface area contributed by atoms with Gasteiger partial charge in [0.2, 0.25) is 12.6 Å². The van der Waals surface area contributed by atoms with Crippen LogP contribution in [0.3, 0.4) is 0 Å². The number of ether oxygens (including phenoxy) is 6. The van der Waals surface area contributed by atoms with E-state index in [0.29, 0.717) is 19.4 Å². The molecule has 0 amide bonds. The Labute approximate surface area is 205 Å². The van der Waals surface area contributed by atoms with Gasteiger partial charge in [0.15, 0.2) is 0 Å². The Morgan fingerprint density at radius 2 is 1.89 bits per heavy atom. The number of hydrogen-bond donors (Lipinski definition) is 1. The van der Waals surface area contributed by atoms with E-state index in [9.17, 15) is 14.7 Å². The van der Waals surface area contributed by atoms with Gasteiger partial charge in [-0.1, -0.05) is 27.7 Å². The molecule has 2 bridgehead atoms. The molecule has 9 heteroatoms. The molecular formula is C26H36O9. The van der Waals surface area contributed by atoms with Crippen molar-refractivity contribution in [2.75, 3.05) is 6.61 Å². The minimum atomic E-state index is -1.06. The zero-order chi connectivity index (χ0) is 24.9.